The van der Waals surface area contributed by atoms with Crippen LogP contribution in [0.4, 0.5) is 5.82 Å². The summed E-state index contributed by atoms with van der Waals surface area (Å²) >= 11 is 0. The van der Waals surface area contributed by atoms with E-state index in [9.17, 15) is 15.0 Å². The second-order valence-corrected chi connectivity index (χ2v) is 7.02. The van der Waals surface area contributed by atoms with Crippen molar-refractivity contribution in [1.29, 1.82) is 0 Å². The average molecular weight is 319 g/mol. The number of nitrogens with one attached hydrogen (secondary N) is 1. The first kappa shape index (κ1) is 16.2. The number of hydrogen-bond acceptors (Lipinski definition) is 5. The van der Waals surface area contributed by atoms with E-state index in [0.717, 1.165) is 31.7 Å². The average Bonchev–Trinajstić information content (AvgIpc) is 2.55. The van der Waals surface area contributed by atoms with Crippen LogP contribution in [0.25, 0.3) is 0 Å². The van der Waals surface area contributed by atoms with Crippen molar-refractivity contribution < 1.29 is 15.0 Å². The number of rotatable bonds is 3. The van der Waals surface area contributed by atoms with Gasteiger partial charge in [-0.05, 0) is 38.8 Å². The van der Waals surface area contributed by atoms with Gasteiger partial charge in [0.2, 0.25) is 0 Å². The van der Waals surface area contributed by atoms with Crippen molar-refractivity contribution in [3.05, 3.63) is 23.9 Å². The second-order valence-electron chi connectivity index (χ2n) is 7.02. The molecule has 1 amide bonds. The third-order valence-electron chi connectivity index (χ3n) is 5.22. The van der Waals surface area contributed by atoms with Crippen LogP contribution < -0.4 is 10.2 Å². The molecule has 2 atom stereocenters. The van der Waals surface area contributed by atoms with Crippen LogP contribution in [0.1, 0.15) is 43.5 Å². The SMILES string of the molecule is CC(C)NC(=O)c1ccnc(N2CCC3(CC2)[C@H](O)C[C@@H]3O)c1. The number of hydrogen-bond donors (Lipinski definition) is 3. The molecule has 6 heteroatoms. The van der Waals surface area contributed by atoms with Crippen LogP contribution in [-0.2, 0) is 0 Å². The van der Waals surface area contributed by atoms with Gasteiger partial charge in [0, 0.05) is 42.7 Å². The topological polar surface area (TPSA) is 85.7 Å². The molecule has 3 rings (SSSR count). The van der Waals surface area contributed by atoms with E-state index in [1.165, 1.54) is 0 Å². The largest absolute Gasteiger partial charge is 0.392 e. The van der Waals surface area contributed by atoms with Crippen LogP contribution in [0.2, 0.25) is 0 Å². The quantitative estimate of drug-likeness (QED) is 0.772. The zero-order valence-corrected chi connectivity index (χ0v) is 13.7. The van der Waals surface area contributed by atoms with Crippen LogP contribution in [0, 0.1) is 5.41 Å². The van der Waals surface area contributed by atoms with Crippen molar-refractivity contribution in [2.75, 3.05) is 18.0 Å². The minimum Gasteiger partial charge on any atom is -0.392 e. The molecule has 2 heterocycles. The van der Waals surface area contributed by atoms with E-state index < -0.39 is 12.2 Å². The first-order valence-electron chi connectivity index (χ1n) is 8.30. The zero-order valence-electron chi connectivity index (χ0n) is 13.7. The van der Waals surface area contributed by atoms with Crippen molar-refractivity contribution >= 4 is 11.7 Å². The lowest BCUT2D eigenvalue weighted by Crippen LogP contribution is -2.61. The molecule has 1 aliphatic carbocycles. The lowest BCUT2D eigenvalue weighted by Gasteiger charge is -2.55. The Morgan fingerprint density at radius 3 is 2.57 bits per heavy atom. The molecular formula is C17H25N3O3. The number of anilines is 1. The fraction of sp³-hybridized carbons (Fsp3) is 0.647. The first-order chi connectivity index (χ1) is 10.9. The smallest absolute Gasteiger partial charge is 0.251 e. The van der Waals surface area contributed by atoms with Gasteiger partial charge in [-0.25, -0.2) is 4.98 Å². The monoisotopic (exact) mass is 319 g/mol. The Balaban J connectivity index is 1.68. The van der Waals surface area contributed by atoms with Gasteiger partial charge in [0.1, 0.15) is 5.82 Å². The number of amides is 1. The maximum atomic E-state index is 12.1. The van der Waals surface area contributed by atoms with Gasteiger partial charge in [-0.2, -0.15) is 0 Å². The summed E-state index contributed by atoms with van der Waals surface area (Å²) < 4.78 is 0. The maximum Gasteiger partial charge on any atom is 0.251 e. The Morgan fingerprint density at radius 2 is 2.00 bits per heavy atom. The molecule has 2 aliphatic rings. The highest BCUT2D eigenvalue weighted by atomic mass is 16.3. The highest BCUT2D eigenvalue weighted by Crippen LogP contribution is 2.49. The van der Waals surface area contributed by atoms with Gasteiger partial charge in [0.15, 0.2) is 0 Å². The molecule has 1 aromatic heterocycles. The Morgan fingerprint density at radius 1 is 1.35 bits per heavy atom. The number of aliphatic hydroxyl groups is 2. The fourth-order valence-electron chi connectivity index (χ4n) is 3.64. The molecule has 23 heavy (non-hydrogen) atoms. The molecule has 1 aromatic rings. The number of aliphatic hydroxyl groups excluding tert-OH is 2. The molecule has 1 spiro atoms. The van der Waals surface area contributed by atoms with E-state index in [4.69, 9.17) is 0 Å². The Kier molecular flexibility index (Phi) is 4.29. The van der Waals surface area contributed by atoms with Crippen LogP contribution in [-0.4, -0.2) is 52.4 Å². The maximum absolute atomic E-state index is 12.1. The van der Waals surface area contributed by atoms with Gasteiger partial charge in [-0.1, -0.05) is 0 Å². The molecule has 126 valence electrons. The normalized spacial score (nSPS) is 26.2. The van der Waals surface area contributed by atoms with Crippen molar-refractivity contribution in [1.82, 2.24) is 10.3 Å². The van der Waals surface area contributed by atoms with Crippen molar-refractivity contribution in [2.45, 2.75) is 51.4 Å². The van der Waals surface area contributed by atoms with Crippen molar-refractivity contribution in [2.24, 2.45) is 5.41 Å². The molecule has 6 nitrogen and oxygen atoms in total. The number of nitrogens with zero attached hydrogens (tertiary/aromatic N) is 2. The summed E-state index contributed by atoms with van der Waals surface area (Å²) in [5, 5.41) is 22.9. The lowest BCUT2D eigenvalue weighted by atomic mass is 9.58. The molecule has 0 bridgehead atoms. The van der Waals surface area contributed by atoms with Crippen LogP contribution in [0.3, 0.4) is 0 Å². The summed E-state index contributed by atoms with van der Waals surface area (Å²) in [6.45, 7) is 5.32. The van der Waals surface area contributed by atoms with Gasteiger partial charge in [0.05, 0.1) is 12.2 Å². The van der Waals surface area contributed by atoms with Crippen molar-refractivity contribution in [3.8, 4) is 0 Å². The van der Waals surface area contributed by atoms with Gasteiger partial charge in [0.25, 0.3) is 5.91 Å². The van der Waals surface area contributed by atoms with E-state index in [-0.39, 0.29) is 17.4 Å². The zero-order chi connectivity index (χ0) is 16.6. The minimum absolute atomic E-state index is 0.0931. The van der Waals surface area contributed by atoms with Gasteiger partial charge < -0.3 is 20.4 Å². The molecule has 1 aliphatic heterocycles. The molecule has 2 fully saturated rings. The first-order valence-corrected chi connectivity index (χ1v) is 8.30. The molecule has 3 N–H and O–H groups in total. The lowest BCUT2D eigenvalue weighted by molar-refractivity contribution is -0.177. The number of carbonyl (C=O) groups is 1. The molecular weight excluding hydrogens is 294 g/mol. The summed E-state index contributed by atoms with van der Waals surface area (Å²) in [4.78, 5) is 18.6. The van der Waals surface area contributed by atoms with Gasteiger partial charge in [-0.3, -0.25) is 4.79 Å². The third kappa shape index (κ3) is 2.93. The summed E-state index contributed by atoms with van der Waals surface area (Å²) in [6.07, 6.45) is 2.86. The van der Waals surface area contributed by atoms with Crippen molar-refractivity contribution in [3.63, 3.8) is 0 Å². The second kappa shape index (κ2) is 6.09. The highest BCUT2D eigenvalue weighted by Gasteiger charge is 2.54. The number of carbonyl (C=O) groups excluding carboxylic acids is 1. The van der Waals surface area contributed by atoms with Crippen LogP contribution in [0.15, 0.2) is 18.3 Å². The van der Waals surface area contributed by atoms with E-state index in [1.807, 2.05) is 19.9 Å². The number of piperidine rings is 1. The number of aromatic nitrogens is 1. The molecule has 1 saturated heterocycles. The van der Waals surface area contributed by atoms with E-state index in [2.05, 4.69) is 15.2 Å². The van der Waals surface area contributed by atoms with Gasteiger partial charge >= 0.3 is 0 Å². The molecule has 1 saturated carbocycles. The van der Waals surface area contributed by atoms with Crippen LogP contribution in [0.5, 0.6) is 0 Å². The highest BCUT2D eigenvalue weighted by molar-refractivity contribution is 5.94. The Labute approximate surface area is 136 Å². The predicted molar refractivity (Wildman–Crippen MR) is 87.3 cm³/mol. The summed E-state index contributed by atoms with van der Waals surface area (Å²) in [5.41, 5.74) is 0.274. The third-order valence-corrected chi connectivity index (χ3v) is 5.22. The van der Waals surface area contributed by atoms with E-state index in [0.29, 0.717) is 12.0 Å². The van der Waals surface area contributed by atoms with Crippen LogP contribution >= 0.6 is 0 Å². The fourth-order valence-corrected chi connectivity index (χ4v) is 3.64. The molecule has 0 unspecified atom stereocenters. The predicted octanol–water partition coefficient (Wildman–Crippen LogP) is 0.932. The Bertz CT molecular complexity index is 572. The summed E-state index contributed by atoms with van der Waals surface area (Å²) in [5.74, 6) is 0.682. The molecule has 0 radical (unpaired) electrons. The van der Waals surface area contributed by atoms with Gasteiger partial charge in [-0.15, -0.1) is 0 Å². The van der Waals surface area contributed by atoms with E-state index >= 15 is 0 Å². The molecule has 0 aromatic carbocycles. The standard InChI is InChI=1S/C17H25N3O3/c1-11(2)19-16(23)12-3-6-18-15(9-12)20-7-4-17(5-8-20)13(21)10-14(17)22/h3,6,9,11,13-14,21-22H,4-5,7-8,10H2,1-2H3,(H,19,23)/t13-,14+. The number of pyridine rings is 1. The van der Waals surface area contributed by atoms with E-state index in [1.54, 1.807) is 12.3 Å². The summed E-state index contributed by atoms with van der Waals surface area (Å²) in [7, 11) is 0. The Hall–Kier alpha value is -1.66. The minimum atomic E-state index is -0.393. The summed E-state index contributed by atoms with van der Waals surface area (Å²) in [6, 6.07) is 3.62.